The molecule has 1 aliphatic rings. The molecule has 1 aromatic rings. The highest BCUT2D eigenvalue weighted by Gasteiger charge is 2.51. The number of alkyl halides is 6. The Balaban J connectivity index is 2.64. The first-order chi connectivity index (χ1) is 10.3. The van der Waals surface area contributed by atoms with Crippen molar-refractivity contribution in [2.24, 2.45) is 0 Å². The summed E-state index contributed by atoms with van der Waals surface area (Å²) in [6, 6.07) is 1.96. The average Bonchev–Trinajstić information content (AvgIpc) is 3.18. The van der Waals surface area contributed by atoms with Crippen LogP contribution in [0.5, 0.6) is 5.75 Å². The fourth-order valence-electron chi connectivity index (χ4n) is 2.57. The molecule has 1 fully saturated rings. The SMILES string of the molecule is CC(c1cc(C(C)(C)C(F)(F)F)c(C2CC2)cc1O)C(F)(F)F. The van der Waals surface area contributed by atoms with Gasteiger partial charge < -0.3 is 5.11 Å². The molecule has 0 aliphatic heterocycles. The zero-order valence-electron chi connectivity index (χ0n) is 12.9. The van der Waals surface area contributed by atoms with E-state index in [0.29, 0.717) is 18.4 Å². The quantitative estimate of drug-likeness (QED) is 0.692. The molecule has 0 amide bonds. The normalized spacial score (nSPS) is 18.1. The van der Waals surface area contributed by atoms with Crippen LogP contribution in [0.1, 0.15) is 62.1 Å². The van der Waals surface area contributed by atoms with E-state index in [1.54, 1.807) is 0 Å². The Kier molecular flexibility index (Phi) is 4.14. The van der Waals surface area contributed by atoms with Crippen molar-refractivity contribution in [2.45, 2.75) is 63.2 Å². The minimum absolute atomic E-state index is 0.132. The largest absolute Gasteiger partial charge is 0.508 e. The number of benzene rings is 1. The van der Waals surface area contributed by atoms with Gasteiger partial charge in [-0.25, -0.2) is 0 Å². The smallest absolute Gasteiger partial charge is 0.397 e. The van der Waals surface area contributed by atoms with Gasteiger partial charge in [-0.3, -0.25) is 0 Å². The maximum atomic E-state index is 13.4. The molecule has 2 rings (SSSR count). The summed E-state index contributed by atoms with van der Waals surface area (Å²) in [7, 11) is 0. The van der Waals surface area contributed by atoms with Crippen molar-refractivity contribution < 1.29 is 31.4 Å². The highest BCUT2D eigenvalue weighted by Crippen LogP contribution is 2.51. The first kappa shape index (κ1) is 17.9. The minimum atomic E-state index is -4.64. The summed E-state index contributed by atoms with van der Waals surface area (Å²) >= 11 is 0. The van der Waals surface area contributed by atoms with E-state index in [1.807, 2.05) is 0 Å². The van der Waals surface area contributed by atoms with Crippen LogP contribution in [0, 0.1) is 0 Å². The molecule has 1 saturated carbocycles. The molecule has 1 atom stereocenters. The monoisotopic (exact) mass is 340 g/mol. The van der Waals surface area contributed by atoms with Crippen molar-refractivity contribution in [3.05, 3.63) is 28.8 Å². The van der Waals surface area contributed by atoms with Crippen molar-refractivity contribution in [3.63, 3.8) is 0 Å². The highest BCUT2D eigenvalue weighted by molar-refractivity contribution is 5.49. The summed E-state index contributed by atoms with van der Waals surface area (Å²) in [5, 5.41) is 9.91. The average molecular weight is 340 g/mol. The van der Waals surface area contributed by atoms with Gasteiger partial charge in [-0.1, -0.05) is 6.07 Å². The van der Waals surface area contributed by atoms with Gasteiger partial charge in [-0.2, -0.15) is 26.3 Å². The van der Waals surface area contributed by atoms with E-state index in [4.69, 9.17) is 0 Å². The summed E-state index contributed by atoms with van der Waals surface area (Å²) in [6.07, 6.45) is -7.90. The van der Waals surface area contributed by atoms with Gasteiger partial charge in [0.05, 0.1) is 11.3 Å². The standard InChI is InChI=1S/C16H18F6O/c1-8(15(17,18)19)10-6-12(14(2,3)16(20,21)22)11(7-13(10)23)9-4-5-9/h6-9,23H,4-5H2,1-3H3. The fraction of sp³-hybridized carbons (Fsp3) is 0.625. The van der Waals surface area contributed by atoms with E-state index >= 15 is 0 Å². The second kappa shape index (κ2) is 5.31. The molecule has 1 nitrogen and oxygen atoms in total. The van der Waals surface area contributed by atoms with Crippen LogP contribution < -0.4 is 0 Å². The Labute approximate surface area is 130 Å². The summed E-state index contributed by atoms with van der Waals surface area (Å²) < 4.78 is 78.8. The van der Waals surface area contributed by atoms with Crippen LogP contribution >= 0.6 is 0 Å². The Hall–Kier alpha value is -1.40. The second-order valence-corrected chi connectivity index (χ2v) is 6.66. The van der Waals surface area contributed by atoms with Crippen LogP contribution in [-0.4, -0.2) is 17.5 Å². The first-order valence-electron chi connectivity index (χ1n) is 7.27. The Morgan fingerprint density at radius 2 is 1.57 bits per heavy atom. The fourth-order valence-corrected chi connectivity index (χ4v) is 2.57. The van der Waals surface area contributed by atoms with Crippen molar-refractivity contribution in [1.82, 2.24) is 0 Å². The lowest BCUT2D eigenvalue weighted by Crippen LogP contribution is -2.37. The van der Waals surface area contributed by atoms with Crippen LogP contribution in [-0.2, 0) is 5.41 Å². The zero-order valence-corrected chi connectivity index (χ0v) is 12.9. The number of hydrogen-bond acceptors (Lipinski definition) is 1. The van der Waals surface area contributed by atoms with E-state index in [0.717, 1.165) is 32.9 Å². The Morgan fingerprint density at radius 3 is 1.96 bits per heavy atom. The molecule has 0 radical (unpaired) electrons. The minimum Gasteiger partial charge on any atom is -0.508 e. The lowest BCUT2D eigenvalue weighted by molar-refractivity contribution is -0.180. The van der Waals surface area contributed by atoms with E-state index in [2.05, 4.69) is 0 Å². The lowest BCUT2D eigenvalue weighted by atomic mass is 9.78. The number of phenolic OH excluding ortho intramolecular Hbond substituents is 1. The first-order valence-corrected chi connectivity index (χ1v) is 7.27. The molecule has 1 aromatic carbocycles. The summed E-state index contributed by atoms with van der Waals surface area (Å²) in [4.78, 5) is 0. The van der Waals surface area contributed by atoms with Crippen LogP contribution in [0.2, 0.25) is 0 Å². The second-order valence-electron chi connectivity index (χ2n) is 6.66. The van der Waals surface area contributed by atoms with E-state index in [9.17, 15) is 31.4 Å². The van der Waals surface area contributed by atoms with Crippen LogP contribution in [0.25, 0.3) is 0 Å². The number of rotatable bonds is 3. The van der Waals surface area contributed by atoms with Gasteiger partial charge in [0.1, 0.15) is 5.75 Å². The van der Waals surface area contributed by atoms with Crippen LogP contribution in [0.3, 0.4) is 0 Å². The summed E-state index contributed by atoms with van der Waals surface area (Å²) in [6.45, 7) is 2.73. The van der Waals surface area contributed by atoms with E-state index in [1.165, 1.54) is 0 Å². The number of aromatic hydroxyl groups is 1. The highest BCUT2D eigenvalue weighted by atomic mass is 19.4. The summed E-state index contributed by atoms with van der Waals surface area (Å²) in [5.41, 5.74) is -2.70. The molecule has 7 heteroatoms. The van der Waals surface area contributed by atoms with Gasteiger partial charge in [0.2, 0.25) is 0 Å². The zero-order chi connectivity index (χ0) is 17.8. The third-order valence-corrected chi connectivity index (χ3v) is 4.56. The predicted octanol–water partition coefficient (Wildman–Crippen LogP) is 5.78. The number of phenols is 1. The van der Waals surface area contributed by atoms with Crippen molar-refractivity contribution >= 4 is 0 Å². The summed E-state index contributed by atoms with van der Waals surface area (Å²) in [5.74, 6) is -2.77. The third-order valence-electron chi connectivity index (χ3n) is 4.56. The molecule has 0 heterocycles. The predicted molar refractivity (Wildman–Crippen MR) is 73.6 cm³/mol. The van der Waals surface area contributed by atoms with Gasteiger partial charge in [-0.15, -0.1) is 0 Å². The van der Waals surface area contributed by atoms with Crippen LogP contribution in [0.15, 0.2) is 12.1 Å². The molecule has 1 N–H and O–H groups in total. The lowest BCUT2D eigenvalue weighted by Gasteiger charge is -2.32. The third kappa shape index (κ3) is 3.28. The van der Waals surface area contributed by atoms with Crippen molar-refractivity contribution in [1.29, 1.82) is 0 Å². The van der Waals surface area contributed by atoms with E-state index in [-0.39, 0.29) is 11.5 Å². The molecule has 0 spiro atoms. The molecule has 0 aromatic heterocycles. The molecule has 130 valence electrons. The Bertz CT molecular complexity index is 596. The Morgan fingerprint density at radius 1 is 1.04 bits per heavy atom. The van der Waals surface area contributed by atoms with Gasteiger partial charge in [0, 0.05) is 5.56 Å². The molecule has 1 unspecified atom stereocenters. The van der Waals surface area contributed by atoms with Gasteiger partial charge >= 0.3 is 12.4 Å². The number of hydrogen-bond donors (Lipinski definition) is 1. The van der Waals surface area contributed by atoms with Gasteiger partial charge in [-0.05, 0) is 56.7 Å². The molecular formula is C16H18F6O. The van der Waals surface area contributed by atoms with E-state index < -0.39 is 35.0 Å². The molecular weight excluding hydrogens is 322 g/mol. The maximum Gasteiger partial charge on any atom is 0.397 e. The van der Waals surface area contributed by atoms with Crippen molar-refractivity contribution in [3.8, 4) is 5.75 Å². The molecule has 23 heavy (non-hydrogen) atoms. The van der Waals surface area contributed by atoms with Crippen molar-refractivity contribution in [2.75, 3.05) is 0 Å². The maximum absolute atomic E-state index is 13.4. The topological polar surface area (TPSA) is 20.2 Å². The molecule has 1 aliphatic carbocycles. The number of halogens is 6. The van der Waals surface area contributed by atoms with Gasteiger partial charge in [0.15, 0.2) is 0 Å². The van der Waals surface area contributed by atoms with Crippen LogP contribution in [0.4, 0.5) is 26.3 Å². The van der Waals surface area contributed by atoms with Gasteiger partial charge in [0.25, 0.3) is 0 Å². The molecule has 0 bridgehead atoms. The molecule has 0 saturated heterocycles.